The van der Waals surface area contributed by atoms with Crippen LogP contribution in [0.2, 0.25) is 0 Å². The first-order chi connectivity index (χ1) is 14.5. The van der Waals surface area contributed by atoms with Gasteiger partial charge < -0.3 is 19.0 Å². The molecule has 2 aromatic carbocycles. The minimum absolute atomic E-state index is 0.582. The molecule has 0 spiro atoms. The number of hydrogen-bond donors (Lipinski definition) is 0. The Morgan fingerprint density at radius 2 is 1.53 bits per heavy atom. The Kier molecular flexibility index (Phi) is 9.78. The van der Waals surface area contributed by atoms with Gasteiger partial charge in [-0.2, -0.15) is 0 Å². The molecule has 30 heavy (non-hydrogen) atoms. The average Bonchev–Trinajstić information content (AvgIpc) is 2.73. The molecular weight excluding hydrogens is 378 g/mol. The van der Waals surface area contributed by atoms with Gasteiger partial charge >= 0.3 is 0 Å². The summed E-state index contributed by atoms with van der Waals surface area (Å²) in [7, 11) is 1.54. The van der Waals surface area contributed by atoms with E-state index in [1.54, 1.807) is 7.11 Å². The number of aryl methyl sites for hydroxylation is 2. The number of nitrogens with zero attached hydrogens (tertiary/aromatic N) is 1. The summed E-state index contributed by atoms with van der Waals surface area (Å²) < 4.78 is 17.6. The smallest absolute Gasteiger partial charge is 0.125 e. The molecule has 2 aromatic rings. The van der Waals surface area contributed by atoms with Crippen LogP contribution in [0.5, 0.6) is 17.2 Å². The van der Waals surface area contributed by atoms with Crippen LogP contribution < -0.4 is 14.2 Å². The van der Waals surface area contributed by atoms with Crippen LogP contribution in [0.4, 0.5) is 0 Å². The molecular formula is C25H33NO4. The van der Waals surface area contributed by atoms with Gasteiger partial charge in [0, 0.05) is 0 Å². The van der Waals surface area contributed by atoms with Crippen LogP contribution in [0.3, 0.4) is 0 Å². The Hall–Kier alpha value is -2.95. The highest BCUT2D eigenvalue weighted by Crippen LogP contribution is 2.28. The van der Waals surface area contributed by atoms with Crippen molar-refractivity contribution >= 4 is 5.71 Å². The topological polar surface area (TPSA) is 49.3 Å². The molecule has 5 heteroatoms. The van der Waals surface area contributed by atoms with Crippen LogP contribution in [-0.2, 0) is 4.84 Å². The monoisotopic (exact) mass is 411 g/mol. The van der Waals surface area contributed by atoms with E-state index in [1.165, 1.54) is 0 Å². The molecule has 0 N–H and O–H groups in total. The van der Waals surface area contributed by atoms with E-state index in [4.69, 9.17) is 19.0 Å². The van der Waals surface area contributed by atoms with Crippen molar-refractivity contribution in [3.63, 3.8) is 0 Å². The zero-order valence-corrected chi connectivity index (χ0v) is 18.7. The fourth-order valence-electron chi connectivity index (χ4n) is 3.01. The summed E-state index contributed by atoms with van der Waals surface area (Å²) in [4.78, 5) is 4.80. The lowest BCUT2D eigenvalue weighted by atomic mass is 10.1. The number of unbranched alkanes of at least 4 members (excludes halogenated alkanes) is 1. The summed E-state index contributed by atoms with van der Waals surface area (Å²) in [5.74, 6) is 2.67. The van der Waals surface area contributed by atoms with E-state index in [0.717, 1.165) is 52.5 Å². The predicted molar refractivity (Wildman–Crippen MR) is 122 cm³/mol. The molecule has 0 heterocycles. The molecule has 0 aliphatic rings. The van der Waals surface area contributed by atoms with Gasteiger partial charge in [0.1, 0.15) is 31.0 Å². The lowest BCUT2D eigenvalue weighted by Crippen LogP contribution is -2.05. The van der Waals surface area contributed by atoms with Crippen molar-refractivity contribution in [2.75, 3.05) is 26.9 Å². The molecule has 0 atom stereocenters. The molecule has 0 radical (unpaired) electrons. The van der Waals surface area contributed by atoms with Gasteiger partial charge in [-0.05, 0) is 93.6 Å². The quantitative estimate of drug-likeness (QED) is 0.190. The largest absolute Gasteiger partial charge is 0.494 e. The molecule has 5 nitrogen and oxygen atoms in total. The molecule has 0 aromatic heterocycles. The highest BCUT2D eigenvalue weighted by atomic mass is 16.6. The maximum Gasteiger partial charge on any atom is 0.125 e. The summed E-state index contributed by atoms with van der Waals surface area (Å²) in [6.07, 6.45) is 5.82. The number of oxime groups is 1. The highest BCUT2D eigenvalue weighted by molar-refractivity contribution is 5.98. The van der Waals surface area contributed by atoms with E-state index in [1.807, 2.05) is 62.4 Å². The van der Waals surface area contributed by atoms with Crippen LogP contribution in [0.15, 0.2) is 53.7 Å². The molecule has 0 saturated heterocycles. The fourth-order valence-corrected chi connectivity index (χ4v) is 3.01. The normalized spacial score (nSPS) is 11.6. The summed E-state index contributed by atoms with van der Waals surface area (Å²) in [5.41, 5.74) is 4.04. The molecule has 0 amide bonds. The van der Waals surface area contributed by atoms with E-state index >= 15 is 0 Å². The molecule has 0 aliphatic carbocycles. The van der Waals surface area contributed by atoms with Gasteiger partial charge in [0.25, 0.3) is 0 Å². The van der Waals surface area contributed by atoms with Gasteiger partial charge in [-0.1, -0.05) is 17.3 Å². The Morgan fingerprint density at radius 1 is 0.900 bits per heavy atom. The van der Waals surface area contributed by atoms with Crippen LogP contribution in [0.25, 0.3) is 0 Å². The fraction of sp³-hybridized carbons (Fsp3) is 0.400. The molecule has 0 fully saturated rings. The summed E-state index contributed by atoms with van der Waals surface area (Å²) in [6, 6.07) is 11.9. The molecule has 0 bridgehead atoms. The Balaban J connectivity index is 1.72. The van der Waals surface area contributed by atoms with Crippen LogP contribution >= 0.6 is 0 Å². The second-order valence-corrected chi connectivity index (χ2v) is 7.05. The van der Waals surface area contributed by atoms with Gasteiger partial charge in [-0.3, -0.25) is 0 Å². The second-order valence-electron chi connectivity index (χ2n) is 7.05. The summed E-state index contributed by atoms with van der Waals surface area (Å²) in [5, 5.41) is 3.93. The third-order valence-electron chi connectivity index (χ3n) is 4.57. The van der Waals surface area contributed by atoms with Crippen molar-refractivity contribution in [1.82, 2.24) is 0 Å². The first-order valence-corrected chi connectivity index (χ1v) is 10.3. The molecule has 0 unspecified atom stereocenters. The minimum atomic E-state index is 0.582. The number of ether oxygens (including phenoxy) is 3. The lowest BCUT2D eigenvalue weighted by molar-refractivity contribution is 0.213. The molecule has 0 saturated carbocycles. The summed E-state index contributed by atoms with van der Waals surface area (Å²) >= 11 is 0. The van der Waals surface area contributed by atoms with Crippen LogP contribution in [0.1, 0.15) is 43.4 Å². The zero-order valence-electron chi connectivity index (χ0n) is 18.7. The van der Waals surface area contributed by atoms with Crippen LogP contribution in [0, 0.1) is 13.8 Å². The van der Waals surface area contributed by atoms with E-state index in [0.29, 0.717) is 19.8 Å². The molecule has 162 valence electrons. The van der Waals surface area contributed by atoms with Crippen molar-refractivity contribution in [3.05, 3.63) is 65.2 Å². The standard InChI is InChI=1S/C25H33NO4/c1-6-7-14-29-24-17-19(2)25(20(3)18-24)30-16-9-8-15-28-23-12-10-22(11-13-23)21(4)26-27-5/h6-7,10-13,17-18H,8-9,14-16H2,1-5H3/b7-6+,26-21?. The maximum absolute atomic E-state index is 6.02. The van der Waals surface area contributed by atoms with Gasteiger partial charge in [0.05, 0.1) is 18.9 Å². The van der Waals surface area contributed by atoms with Crippen molar-refractivity contribution < 1.29 is 19.0 Å². The Labute approximate surface area is 180 Å². The Bertz CT molecular complexity index is 818. The SMILES string of the molecule is C/C=C/COc1cc(C)c(OCCCCOc2ccc(C(C)=NOC)cc2)c(C)c1. The van der Waals surface area contributed by atoms with Crippen molar-refractivity contribution in [1.29, 1.82) is 0 Å². The van der Waals surface area contributed by atoms with Crippen molar-refractivity contribution in [3.8, 4) is 17.2 Å². The van der Waals surface area contributed by atoms with Gasteiger partial charge in [-0.25, -0.2) is 0 Å². The third kappa shape index (κ3) is 7.47. The highest BCUT2D eigenvalue weighted by Gasteiger charge is 2.07. The summed E-state index contributed by atoms with van der Waals surface area (Å²) in [6.45, 7) is 9.90. The van der Waals surface area contributed by atoms with E-state index < -0.39 is 0 Å². The Morgan fingerprint density at radius 3 is 2.13 bits per heavy atom. The first-order valence-electron chi connectivity index (χ1n) is 10.3. The maximum atomic E-state index is 6.02. The number of benzene rings is 2. The minimum Gasteiger partial charge on any atom is -0.494 e. The van der Waals surface area contributed by atoms with Gasteiger partial charge in [0.15, 0.2) is 0 Å². The van der Waals surface area contributed by atoms with Crippen molar-refractivity contribution in [2.24, 2.45) is 5.16 Å². The van der Waals surface area contributed by atoms with Crippen molar-refractivity contribution in [2.45, 2.75) is 40.5 Å². The molecule has 2 rings (SSSR count). The average molecular weight is 412 g/mol. The van der Waals surface area contributed by atoms with E-state index in [2.05, 4.69) is 19.0 Å². The predicted octanol–water partition coefficient (Wildman–Crippen LogP) is 5.87. The number of hydrogen-bond acceptors (Lipinski definition) is 5. The first kappa shape index (κ1) is 23.3. The lowest BCUT2D eigenvalue weighted by Gasteiger charge is -2.14. The van der Waals surface area contributed by atoms with E-state index in [-0.39, 0.29) is 0 Å². The second kappa shape index (κ2) is 12.6. The number of allylic oxidation sites excluding steroid dienone is 1. The van der Waals surface area contributed by atoms with Crippen LogP contribution in [-0.4, -0.2) is 32.6 Å². The van der Waals surface area contributed by atoms with Gasteiger partial charge in [0.2, 0.25) is 0 Å². The van der Waals surface area contributed by atoms with E-state index in [9.17, 15) is 0 Å². The van der Waals surface area contributed by atoms with Gasteiger partial charge in [-0.15, -0.1) is 0 Å². The zero-order chi connectivity index (χ0) is 21.8. The third-order valence-corrected chi connectivity index (χ3v) is 4.57. The molecule has 0 aliphatic heterocycles. The number of rotatable bonds is 12.